The molecule has 0 nitrogen and oxygen atoms in total. The van der Waals surface area contributed by atoms with Gasteiger partial charge in [0.1, 0.15) is 0 Å². The molecule has 0 unspecified atom stereocenters. The molecule has 0 atom stereocenters. The molecule has 2 aliphatic carbocycles. The molecule has 0 bridgehead atoms. The Morgan fingerprint density at radius 1 is 0.720 bits per heavy atom. The molecule has 4 heteroatoms. The predicted octanol–water partition coefficient (Wildman–Crippen LogP) is 6.46. The summed E-state index contributed by atoms with van der Waals surface area (Å²) < 4.78 is 1.46. The maximum absolute atomic E-state index is 4.47. The normalized spacial score (nSPS) is 13.4. The summed E-state index contributed by atoms with van der Waals surface area (Å²) in [5, 5.41) is 0. The van der Waals surface area contributed by atoms with Crippen molar-refractivity contribution in [3.63, 3.8) is 0 Å². The molecule has 0 aromatic heterocycles. The summed E-state index contributed by atoms with van der Waals surface area (Å²) in [5.41, 5.74) is 17.2. The molecule has 0 aliphatic heterocycles. The third kappa shape index (κ3) is 10.4. The SMILES string of the molecule is C=C(CC1=[C-]CC=C1c1cc(C(C)(C)C)cc2c1Cc1ccc(C(C)(C)C)cc1-2)C[Si](C)(C)C.[Cl-].[Cl-].[Hf+2]=[C](c1ccccc1)c1ccccc1. The van der Waals surface area contributed by atoms with E-state index in [9.17, 15) is 0 Å². The quantitative estimate of drug-likeness (QED) is 0.100. The van der Waals surface area contributed by atoms with Crippen molar-refractivity contribution in [1.29, 1.82) is 0 Å². The van der Waals surface area contributed by atoms with E-state index in [4.69, 9.17) is 0 Å². The molecular formula is C46H53Cl2HfSi-. The van der Waals surface area contributed by atoms with Gasteiger partial charge >= 0.3 is 98.9 Å². The molecule has 4 aromatic rings. The second-order valence-electron chi connectivity index (χ2n) is 16.8. The number of fused-ring (bicyclic) bond motifs is 3. The van der Waals surface area contributed by atoms with Crippen molar-refractivity contribution in [2.45, 2.75) is 97.3 Å². The molecule has 260 valence electrons. The summed E-state index contributed by atoms with van der Waals surface area (Å²) in [5.74, 6) is 0. The first-order chi connectivity index (χ1) is 22.5. The van der Waals surface area contributed by atoms with Crippen molar-refractivity contribution < 1.29 is 48.7 Å². The molecule has 0 amide bonds. The van der Waals surface area contributed by atoms with E-state index in [1.807, 2.05) is 0 Å². The van der Waals surface area contributed by atoms with E-state index >= 15 is 0 Å². The predicted molar refractivity (Wildman–Crippen MR) is 209 cm³/mol. The average molecular weight is 883 g/mol. The van der Waals surface area contributed by atoms with Crippen molar-refractivity contribution in [2.24, 2.45) is 0 Å². The van der Waals surface area contributed by atoms with Gasteiger partial charge in [-0.2, -0.15) is 11.6 Å². The molecule has 0 N–H and O–H groups in total. The zero-order valence-corrected chi connectivity index (χ0v) is 37.6. The Hall–Kier alpha value is -2.36. The molecule has 0 radical (unpaired) electrons. The Morgan fingerprint density at radius 3 is 1.76 bits per heavy atom. The zero-order valence-electron chi connectivity index (χ0n) is 31.5. The minimum atomic E-state index is -1.17. The van der Waals surface area contributed by atoms with Gasteiger partial charge < -0.3 is 24.8 Å². The number of halogens is 2. The Labute approximate surface area is 331 Å². The van der Waals surface area contributed by atoms with Crippen LogP contribution in [-0.4, -0.2) is 11.3 Å². The van der Waals surface area contributed by atoms with Gasteiger partial charge in [-0.1, -0.05) is 109 Å². The van der Waals surface area contributed by atoms with E-state index in [1.165, 1.54) is 76.1 Å². The van der Waals surface area contributed by atoms with Crippen LogP contribution in [-0.2, 0) is 41.1 Å². The van der Waals surface area contributed by atoms with Crippen molar-refractivity contribution in [3.05, 3.63) is 160 Å². The Kier molecular flexibility index (Phi) is 14.3. The second-order valence-corrected chi connectivity index (χ2v) is 24.1. The molecular weight excluding hydrogens is 830 g/mol. The molecule has 2 aliphatic rings. The van der Waals surface area contributed by atoms with Crippen molar-refractivity contribution in [3.8, 4) is 11.1 Å². The first-order valence-corrected chi connectivity index (χ1v) is 23.0. The average Bonchev–Trinajstić information content (AvgIpc) is 3.63. The van der Waals surface area contributed by atoms with Crippen molar-refractivity contribution >= 4 is 16.9 Å². The molecule has 0 spiro atoms. The molecule has 6 rings (SSSR count). The third-order valence-electron chi connectivity index (χ3n) is 9.32. The van der Waals surface area contributed by atoms with E-state index in [2.05, 4.69) is 171 Å². The Morgan fingerprint density at radius 2 is 1.24 bits per heavy atom. The minimum absolute atomic E-state index is 0. The van der Waals surface area contributed by atoms with Crippen LogP contribution in [0.5, 0.6) is 0 Å². The van der Waals surface area contributed by atoms with Crippen LogP contribution >= 0.6 is 0 Å². The van der Waals surface area contributed by atoms with Gasteiger partial charge in [0.05, 0.1) is 0 Å². The van der Waals surface area contributed by atoms with Crippen LogP contribution in [0.1, 0.15) is 93.3 Å². The molecule has 50 heavy (non-hydrogen) atoms. The van der Waals surface area contributed by atoms with Crippen LogP contribution in [0, 0.1) is 6.08 Å². The van der Waals surface area contributed by atoms with Crippen LogP contribution in [0.25, 0.3) is 16.7 Å². The van der Waals surface area contributed by atoms with Crippen LogP contribution in [0.3, 0.4) is 0 Å². The fourth-order valence-corrected chi connectivity index (χ4v) is 9.60. The van der Waals surface area contributed by atoms with Crippen LogP contribution < -0.4 is 24.8 Å². The summed E-state index contributed by atoms with van der Waals surface area (Å²) in [6.45, 7) is 25.7. The summed E-state index contributed by atoms with van der Waals surface area (Å²) in [7, 11) is -1.17. The van der Waals surface area contributed by atoms with Crippen molar-refractivity contribution in [2.75, 3.05) is 0 Å². The first kappa shape index (κ1) is 42.1. The summed E-state index contributed by atoms with van der Waals surface area (Å²) in [4.78, 5) is 0. The van der Waals surface area contributed by atoms with Gasteiger partial charge in [0.25, 0.3) is 0 Å². The van der Waals surface area contributed by atoms with Crippen LogP contribution in [0.15, 0.2) is 115 Å². The summed E-state index contributed by atoms with van der Waals surface area (Å²) in [6.07, 6.45) is 9.01. The van der Waals surface area contributed by atoms with Crippen LogP contribution in [0.2, 0.25) is 25.7 Å². The number of hydrogen-bond acceptors (Lipinski definition) is 0. The Balaban J connectivity index is 0.000000355. The van der Waals surface area contributed by atoms with Crippen LogP contribution in [0.4, 0.5) is 0 Å². The number of allylic oxidation sites excluding steroid dienone is 5. The van der Waals surface area contributed by atoms with E-state index < -0.39 is 8.07 Å². The first-order valence-electron chi connectivity index (χ1n) is 17.5. The van der Waals surface area contributed by atoms with E-state index in [0.717, 1.165) is 43.2 Å². The molecule has 0 fully saturated rings. The second kappa shape index (κ2) is 17.0. The monoisotopic (exact) mass is 883 g/mol. The van der Waals surface area contributed by atoms with Gasteiger partial charge in [-0.25, -0.2) is 5.57 Å². The number of benzene rings is 4. The Bertz CT molecular complexity index is 1840. The topological polar surface area (TPSA) is 0 Å². The van der Waals surface area contributed by atoms with Gasteiger partial charge in [0.2, 0.25) is 0 Å². The van der Waals surface area contributed by atoms with E-state index in [-0.39, 0.29) is 35.6 Å². The van der Waals surface area contributed by atoms with E-state index in [0.29, 0.717) is 0 Å². The standard InChI is InChI=1S/C33H43Si.C13H10.2ClH.Hf/c1-22(21-34(8,9)10)16-23-12-11-13-27(23)30-19-26(33(5,6)7)20-31-28-18-25(32(2,3)4)15-14-24(28)17-29(30)31;1-3-7-12(8-4-1)11-13-9-5-2-6-10-13;;;/h13-15,18-20H,1,11,16-17,21H2,2-10H3;1-10H;2*1H;/q-1;;;;+2/p-2. The number of rotatable bonds is 7. The third-order valence-corrected chi connectivity index (χ3v) is 13.0. The molecule has 0 saturated carbocycles. The zero-order chi connectivity index (χ0) is 34.9. The fraction of sp³-hybridized carbons (Fsp3) is 0.326. The van der Waals surface area contributed by atoms with E-state index in [1.54, 1.807) is 0 Å². The van der Waals surface area contributed by atoms with Gasteiger partial charge in [0, 0.05) is 8.07 Å². The molecule has 0 heterocycles. The van der Waals surface area contributed by atoms with Gasteiger partial charge in [0.15, 0.2) is 0 Å². The number of hydrogen-bond donors (Lipinski definition) is 0. The van der Waals surface area contributed by atoms with Gasteiger partial charge in [-0.15, -0.1) is 6.42 Å². The summed E-state index contributed by atoms with van der Waals surface area (Å²) >= 11 is 1.08. The summed E-state index contributed by atoms with van der Waals surface area (Å²) in [6, 6.07) is 34.5. The van der Waals surface area contributed by atoms with Crippen molar-refractivity contribution in [1.82, 2.24) is 0 Å². The maximum atomic E-state index is 4.47. The fourth-order valence-electron chi connectivity index (χ4n) is 6.78. The van der Waals surface area contributed by atoms with Gasteiger partial charge in [-0.3, -0.25) is 6.08 Å². The molecule has 0 saturated heterocycles. The van der Waals surface area contributed by atoms with Gasteiger partial charge in [-0.05, 0) is 63.1 Å². The molecule has 4 aromatic carbocycles.